The minimum Gasteiger partial charge on any atom is -0.494 e. The normalized spacial score (nSPS) is 15.0. The third kappa shape index (κ3) is 3.59. The highest BCUT2D eigenvalue weighted by Gasteiger charge is 2.27. The lowest BCUT2D eigenvalue weighted by Crippen LogP contribution is -2.18. The van der Waals surface area contributed by atoms with Crippen molar-refractivity contribution in [1.82, 2.24) is 15.2 Å². The van der Waals surface area contributed by atoms with E-state index in [1.54, 1.807) is 0 Å². The van der Waals surface area contributed by atoms with E-state index in [9.17, 15) is 0 Å². The summed E-state index contributed by atoms with van der Waals surface area (Å²) < 4.78 is 12.8. The number of nitrogens with zero attached hydrogens (tertiary/aromatic N) is 3. The van der Waals surface area contributed by atoms with Gasteiger partial charge >= 0.3 is 0 Å². The van der Waals surface area contributed by atoms with Gasteiger partial charge in [-0.05, 0) is 37.4 Å². The lowest BCUT2D eigenvalue weighted by atomic mass is 10.1. The molecule has 0 radical (unpaired) electrons. The van der Waals surface area contributed by atoms with Crippen molar-refractivity contribution in [2.24, 2.45) is 0 Å². The van der Waals surface area contributed by atoms with Gasteiger partial charge in [0.15, 0.2) is 11.9 Å². The van der Waals surface area contributed by atoms with Crippen molar-refractivity contribution in [2.75, 3.05) is 18.2 Å². The fourth-order valence-electron chi connectivity index (χ4n) is 2.85. The topological polar surface area (TPSA) is 69.2 Å². The van der Waals surface area contributed by atoms with Crippen LogP contribution in [-0.2, 0) is 0 Å². The summed E-state index contributed by atoms with van der Waals surface area (Å²) in [4.78, 5) is 4.54. The SMILES string of the molecule is CCOc1ccc(Br)c([C@@H]2Nc3ccccc3-c3nnc(SC)nc3O2)c1. The molecule has 1 aromatic heterocycles. The standard InChI is InChI=1S/C19H17BrN4O2S/c1-3-25-11-8-9-14(20)13(10-11)17-21-15-7-5-4-6-12(15)16-18(26-17)22-19(27-2)24-23-16/h4-10,17,21H,3H2,1-2H3/t17-/m1/s1. The van der Waals surface area contributed by atoms with E-state index in [-0.39, 0.29) is 0 Å². The number of aromatic nitrogens is 3. The average molecular weight is 445 g/mol. The van der Waals surface area contributed by atoms with Gasteiger partial charge in [0.05, 0.1) is 6.61 Å². The number of anilines is 1. The Labute approximate surface area is 169 Å². The summed E-state index contributed by atoms with van der Waals surface area (Å²) in [7, 11) is 0. The maximum atomic E-state index is 6.26. The van der Waals surface area contributed by atoms with Crippen LogP contribution in [0, 0.1) is 0 Å². The molecule has 138 valence electrons. The summed E-state index contributed by atoms with van der Waals surface area (Å²) in [6.07, 6.45) is 1.44. The zero-order valence-corrected chi connectivity index (χ0v) is 17.2. The van der Waals surface area contributed by atoms with Gasteiger partial charge in [0.2, 0.25) is 11.0 Å². The second kappa shape index (κ2) is 7.74. The van der Waals surface area contributed by atoms with Gasteiger partial charge in [-0.15, -0.1) is 10.2 Å². The van der Waals surface area contributed by atoms with Gasteiger partial charge in [-0.1, -0.05) is 45.9 Å². The molecule has 8 heteroatoms. The second-order valence-electron chi connectivity index (χ2n) is 5.76. The van der Waals surface area contributed by atoms with Crippen LogP contribution in [0.4, 0.5) is 5.69 Å². The molecule has 1 aliphatic heterocycles. The van der Waals surface area contributed by atoms with Gasteiger partial charge in [0.25, 0.3) is 0 Å². The zero-order valence-electron chi connectivity index (χ0n) is 14.8. The monoisotopic (exact) mass is 444 g/mol. The number of hydrogen-bond donors (Lipinski definition) is 1. The predicted molar refractivity (Wildman–Crippen MR) is 109 cm³/mol. The van der Waals surface area contributed by atoms with Crippen molar-refractivity contribution in [1.29, 1.82) is 0 Å². The van der Waals surface area contributed by atoms with E-state index >= 15 is 0 Å². The molecule has 1 aliphatic rings. The maximum absolute atomic E-state index is 6.26. The third-order valence-electron chi connectivity index (χ3n) is 4.08. The second-order valence-corrected chi connectivity index (χ2v) is 7.38. The predicted octanol–water partition coefficient (Wildman–Crippen LogP) is 4.92. The van der Waals surface area contributed by atoms with Crippen molar-refractivity contribution in [3.63, 3.8) is 0 Å². The Hall–Kier alpha value is -2.32. The van der Waals surface area contributed by atoms with Crippen LogP contribution < -0.4 is 14.8 Å². The first kappa shape index (κ1) is 18.1. The first-order valence-electron chi connectivity index (χ1n) is 8.43. The molecule has 6 nitrogen and oxygen atoms in total. The molecule has 3 aromatic rings. The number of ether oxygens (including phenoxy) is 2. The molecule has 4 rings (SSSR count). The van der Waals surface area contributed by atoms with Crippen LogP contribution in [0.3, 0.4) is 0 Å². The van der Waals surface area contributed by atoms with Crippen LogP contribution in [0.5, 0.6) is 11.6 Å². The van der Waals surface area contributed by atoms with Crippen molar-refractivity contribution in [2.45, 2.75) is 18.3 Å². The van der Waals surface area contributed by atoms with E-state index in [2.05, 4.69) is 36.4 Å². The minimum atomic E-state index is -0.464. The number of fused-ring (bicyclic) bond motifs is 3. The number of rotatable bonds is 4. The molecular weight excluding hydrogens is 428 g/mol. The molecule has 2 heterocycles. The Morgan fingerprint density at radius 1 is 1.22 bits per heavy atom. The van der Waals surface area contributed by atoms with E-state index in [1.807, 2.05) is 55.6 Å². The van der Waals surface area contributed by atoms with Crippen LogP contribution in [0.25, 0.3) is 11.3 Å². The number of hydrogen-bond acceptors (Lipinski definition) is 7. The fourth-order valence-corrected chi connectivity index (χ4v) is 3.60. The molecule has 1 atom stereocenters. The quantitative estimate of drug-likeness (QED) is 0.572. The van der Waals surface area contributed by atoms with Gasteiger partial charge in [-0.2, -0.15) is 4.98 Å². The highest BCUT2D eigenvalue weighted by molar-refractivity contribution is 9.10. The lowest BCUT2D eigenvalue weighted by Gasteiger charge is -2.21. The van der Waals surface area contributed by atoms with Crippen LogP contribution in [-0.4, -0.2) is 28.0 Å². The van der Waals surface area contributed by atoms with E-state index in [4.69, 9.17) is 9.47 Å². The Kier molecular flexibility index (Phi) is 5.18. The minimum absolute atomic E-state index is 0.450. The molecule has 0 fully saturated rings. The van der Waals surface area contributed by atoms with Crippen molar-refractivity contribution in [3.8, 4) is 22.9 Å². The first-order valence-corrected chi connectivity index (χ1v) is 10.4. The fraction of sp³-hybridized carbons (Fsp3) is 0.211. The van der Waals surface area contributed by atoms with Gasteiger partial charge < -0.3 is 14.8 Å². The number of para-hydroxylation sites is 1. The van der Waals surface area contributed by atoms with Crippen LogP contribution in [0.15, 0.2) is 52.1 Å². The summed E-state index contributed by atoms with van der Waals surface area (Å²) in [6.45, 7) is 2.56. The van der Waals surface area contributed by atoms with Crippen LogP contribution >= 0.6 is 27.7 Å². The molecule has 0 amide bonds. The molecule has 2 aromatic carbocycles. The van der Waals surface area contributed by atoms with Crippen molar-refractivity contribution in [3.05, 3.63) is 52.5 Å². The Balaban J connectivity index is 1.84. The maximum Gasteiger partial charge on any atom is 0.247 e. The first-order chi connectivity index (χ1) is 13.2. The molecule has 0 saturated heterocycles. The molecule has 0 saturated carbocycles. The van der Waals surface area contributed by atoms with Gasteiger partial charge in [0.1, 0.15) is 5.75 Å². The average Bonchev–Trinajstić information content (AvgIpc) is 2.85. The van der Waals surface area contributed by atoms with E-state index < -0.39 is 6.23 Å². The molecule has 0 unspecified atom stereocenters. The summed E-state index contributed by atoms with van der Waals surface area (Å²) in [5.41, 5.74) is 3.34. The zero-order chi connectivity index (χ0) is 18.8. The smallest absolute Gasteiger partial charge is 0.247 e. The molecular formula is C19H17BrN4O2S. The molecule has 0 aliphatic carbocycles. The molecule has 0 bridgehead atoms. The van der Waals surface area contributed by atoms with E-state index in [0.29, 0.717) is 23.3 Å². The Morgan fingerprint density at radius 3 is 2.89 bits per heavy atom. The number of benzene rings is 2. The summed E-state index contributed by atoms with van der Waals surface area (Å²) in [5, 5.41) is 12.5. The Bertz CT molecular complexity index is 986. The van der Waals surface area contributed by atoms with Crippen LogP contribution in [0.2, 0.25) is 0 Å². The van der Waals surface area contributed by atoms with Gasteiger partial charge in [-0.25, -0.2) is 0 Å². The van der Waals surface area contributed by atoms with Crippen molar-refractivity contribution >= 4 is 33.4 Å². The number of halogens is 1. The third-order valence-corrected chi connectivity index (χ3v) is 5.34. The van der Waals surface area contributed by atoms with Crippen molar-refractivity contribution < 1.29 is 9.47 Å². The van der Waals surface area contributed by atoms with Crippen LogP contribution in [0.1, 0.15) is 18.7 Å². The summed E-state index contributed by atoms with van der Waals surface area (Å²) in [5.74, 6) is 1.23. The number of thioether (sulfide) groups is 1. The lowest BCUT2D eigenvalue weighted by molar-refractivity contribution is 0.223. The molecule has 1 N–H and O–H groups in total. The summed E-state index contributed by atoms with van der Waals surface area (Å²) in [6, 6.07) is 13.7. The molecule has 0 spiro atoms. The number of nitrogens with one attached hydrogen (secondary N) is 1. The van der Waals surface area contributed by atoms with Gasteiger partial charge in [-0.3, -0.25) is 0 Å². The summed E-state index contributed by atoms with van der Waals surface area (Å²) >= 11 is 5.05. The Morgan fingerprint density at radius 2 is 2.07 bits per heavy atom. The molecule has 27 heavy (non-hydrogen) atoms. The van der Waals surface area contributed by atoms with E-state index in [0.717, 1.165) is 27.0 Å². The largest absolute Gasteiger partial charge is 0.494 e. The highest BCUT2D eigenvalue weighted by atomic mass is 79.9. The highest BCUT2D eigenvalue weighted by Crippen LogP contribution is 2.41. The van der Waals surface area contributed by atoms with E-state index in [1.165, 1.54) is 11.8 Å². The van der Waals surface area contributed by atoms with Gasteiger partial charge in [0, 0.05) is 21.3 Å².